The molecule has 6 heteroatoms. The zero-order valence-electron chi connectivity index (χ0n) is 17.1. The minimum atomic E-state index is -0.390. The largest absolute Gasteiger partial charge is 0.351 e. The van der Waals surface area contributed by atoms with Gasteiger partial charge in [-0.15, -0.1) is 0 Å². The molecule has 2 heterocycles. The van der Waals surface area contributed by atoms with Gasteiger partial charge in [0.15, 0.2) is 0 Å². The van der Waals surface area contributed by atoms with E-state index in [4.69, 9.17) is 11.6 Å². The van der Waals surface area contributed by atoms with Gasteiger partial charge in [0, 0.05) is 31.2 Å². The number of halogens is 1. The van der Waals surface area contributed by atoms with Crippen molar-refractivity contribution in [2.75, 3.05) is 26.2 Å². The third-order valence-corrected chi connectivity index (χ3v) is 6.43. The van der Waals surface area contributed by atoms with Crippen molar-refractivity contribution >= 4 is 23.4 Å². The number of hydrogen-bond donors (Lipinski definition) is 1. The van der Waals surface area contributed by atoms with Gasteiger partial charge in [0.1, 0.15) is 6.04 Å². The van der Waals surface area contributed by atoms with Crippen LogP contribution >= 0.6 is 11.6 Å². The lowest BCUT2D eigenvalue weighted by molar-refractivity contribution is -0.139. The van der Waals surface area contributed by atoms with E-state index in [1.165, 1.54) is 12.0 Å². The quantitative estimate of drug-likeness (QED) is 0.796. The second-order valence-corrected chi connectivity index (χ2v) is 8.48. The molecule has 0 aliphatic carbocycles. The van der Waals surface area contributed by atoms with Crippen LogP contribution in [0, 0.1) is 0 Å². The molecule has 158 valence electrons. The number of amides is 2. The number of nitrogens with one attached hydrogen (secondary N) is 1. The van der Waals surface area contributed by atoms with Crippen LogP contribution in [-0.2, 0) is 22.6 Å². The summed E-state index contributed by atoms with van der Waals surface area (Å²) in [5.74, 6) is 0.0338. The molecule has 1 N–H and O–H groups in total. The first kappa shape index (κ1) is 20.9. The highest BCUT2D eigenvalue weighted by molar-refractivity contribution is 6.31. The van der Waals surface area contributed by atoms with Crippen molar-refractivity contribution in [2.24, 2.45) is 0 Å². The topological polar surface area (TPSA) is 52.7 Å². The molecule has 2 aliphatic rings. The van der Waals surface area contributed by atoms with E-state index in [0.717, 1.165) is 43.5 Å². The lowest BCUT2D eigenvalue weighted by atomic mass is 9.91. The molecule has 0 aromatic heterocycles. The van der Waals surface area contributed by atoms with Crippen molar-refractivity contribution in [3.05, 3.63) is 70.2 Å². The van der Waals surface area contributed by atoms with Gasteiger partial charge in [0.2, 0.25) is 11.8 Å². The summed E-state index contributed by atoms with van der Waals surface area (Å²) >= 11 is 6.19. The first-order chi connectivity index (χ1) is 14.6. The summed E-state index contributed by atoms with van der Waals surface area (Å²) in [6.07, 6.45) is 4.13. The molecule has 0 saturated carbocycles. The van der Waals surface area contributed by atoms with Gasteiger partial charge in [-0.05, 0) is 48.4 Å². The molecular formula is C24H28ClN3O2. The van der Waals surface area contributed by atoms with E-state index < -0.39 is 0 Å². The fourth-order valence-electron chi connectivity index (χ4n) is 4.44. The Morgan fingerprint density at radius 1 is 0.967 bits per heavy atom. The molecule has 2 aliphatic heterocycles. The molecule has 30 heavy (non-hydrogen) atoms. The minimum Gasteiger partial charge on any atom is -0.351 e. The van der Waals surface area contributed by atoms with Gasteiger partial charge >= 0.3 is 0 Å². The molecular weight excluding hydrogens is 398 g/mol. The van der Waals surface area contributed by atoms with Crippen LogP contribution in [0.15, 0.2) is 48.5 Å². The molecule has 0 radical (unpaired) electrons. The maximum Gasteiger partial charge on any atom is 0.244 e. The fraction of sp³-hybridized carbons (Fsp3) is 0.417. The molecule has 0 bridgehead atoms. The van der Waals surface area contributed by atoms with Gasteiger partial charge in [-0.1, -0.05) is 54.1 Å². The van der Waals surface area contributed by atoms with Crippen LogP contribution in [0.4, 0.5) is 0 Å². The molecule has 2 aromatic rings. The first-order valence-electron chi connectivity index (χ1n) is 10.7. The molecule has 4 rings (SSSR count). The maximum absolute atomic E-state index is 13.5. The van der Waals surface area contributed by atoms with Crippen LogP contribution < -0.4 is 5.32 Å². The van der Waals surface area contributed by atoms with Crippen molar-refractivity contribution in [3.63, 3.8) is 0 Å². The second-order valence-electron chi connectivity index (χ2n) is 8.08. The standard InChI is InChI=1S/C24H28ClN3O2/c25-21-11-5-3-9-19(21)16-26-22(29)17-28-15-12-18-8-2-4-10-20(18)23(28)24(30)27-13-6-1-7-14-27/h2-5,8-11,23H,1,6-7,12-17H2,(H,26,29). The Morgan fingerprint density at radius 2 is 1.70 bits per heavy atom. The molecule has 1 unspecified atom stereocenters. The summed E-state index contributed by atoms with van der Waals surface area (Å²) in [6, 6.07) is 15.2. The third kappa shape index (κ3) is 4.68. The Hall–Kier alpha value is -2.37. The maximum atomic E-state index is 13.5. The van der Waals surface area contributed by atoms with Crippen LogP contribution in [0.3, 0.4) is 0 Å². The Kier molecular flexibility index (Phi) is 6.70. The number of carbonyl (C=O) groups is 2. The highest BCUT2D eigenvalue weighted by atomic mass is 35.5. The zero-order chi connectivity index (χ0) is 20.9. The molecule has 5 nitrogen and oxygen atoms in total. The lowest BCUT2D eigenvalue weighted by Gasteiger charge is -2.39. The van der Waals surface area contributed by atoms with E-state index in [0.29, 0.717) is 18.1 Å². The summed E-state index contributed by atoms with van der Waals surface area (Å²) < 4.78 is 0. The summed E-state index contributed by atoms with van der Waals surface area (Å²) in [4.78, 5) is 30.2. The molecule has 1 saturated heterocycles. The zero-order valence-corrected chi connectivity index (χ0v) is 17.9. The average Bonchev–Trinajstić information content (AvgIpc) is 2.78. The number of fused-ring (bicyclic) bond motifs is 1. The smallest absolute Gasteiger partial charge is 0.244 e. The highest BCUT2D eigenvalue weighted by Gasteiger charge is 2.36. The van der Waals surface area contributed by atoms with Gasteiger partial charge in [-0.2, -0.15) is 0 Å². The SMILES string of the molecule is O=C(CN1CCc2ccccc2C1C(=O)N1CCCCC1)NCc1ccccc1Cl. The second kappa shape index (κ2) is 9.63. The van der Waals surface area contributed by atoms with Crippen LogP contribution in [0.25, 0.3) is 0 Å². The number of nitrogens with zero attached hydrogens (tertiary/aromatic N) is 2. The number of likely N-dealkylation sites (tertiary alicyclic amines) is 1. The number of piperidine rings is 1. The van der Waals surface area contributed by atoms with E-state index in [9.17, 15) is 9.59 Å². The van der Waals surface area contributed by atoms with E-state index >= 15 is 0 Å². The molecule has 1 fully saturated rings. The Labute approximate surface area is 183 Å². The predicted octanol–water partition coefficient (Wildman–Crippen LogP) is 3.57. The van der Waals surface area contributed by atoms with Crippen LogP contribution in [0.1, 0.15) is 42.0 Å². The minimum absolute atomic E-state index is 0.0919. The van der Waals surface area contributed by atoms with Crippen molar-refractivity contribution in [1.82, 2.24) is 15.1 Å². The summed E-state index contributed by atoms with van der Waals surface area (Å²) in [6.45, 7) is 2.89. The summed E-state index contributed by atoms with van der Waals surface area (Å²) in [5, 5.41) is 3.60. The normalized spacial score (nSPS) is 19.2. The lowest BCUT2D eigenvalue weighted by Crippen LogP contribution is -2.50. The van der Waals surface area contributed by atoms with Crippen molar-refractivity contribution in [3.8, 4) is 0 Å². The van der Waals surface area contributed by atoms with Gasteiger partial charge in [-0.25, -0.2) is 0 Å². The third-order valence-electron chi connectivity index (χ3n) is 6.07. The Balaban J connectivity index is 1.48. The van der Waals surface area contributed by atoms with Gasteiger partial charge in [0.25, 0.3) is 0 Å². The Morgan fingerprint density at radius 3 is 2.50 bits per heavy atom. The monoisotopic (exact) mass is 425 g/mol. The van der Waals surface area contributed by atoms with E-state index in [2.05, 4.69) is 11.4 Å². The molecule has 0 spiro atoms. The molecule has 2 amide bonds. The van der Waals surface area contributed by atoms with Crippen LogP contribution in [0.5, 0.6) is 0 Å². The predicted molar refractivity (Wildman–Crippen MR) is 118 cm³/mol. The van der Waals surface area contributed by atoms with E-state index in [1.54, 1.807) is 0 Å². The summed E-state index contributed by atoms with van der Waals surface area (Å²) in [7, 11) is 0. The first-order valence-corrected chi connectivity index (χ1v) is 11.1. The van der Waals surface area contributed by atoms with Crippen molar-refractivity contribution in [1.29, 1.82) is 0 Å². The fourth-order valence-corrected chi connectivity index (χ4v) is 4.64. The van der Waals surface area contributed by atoms with Crippen LogP contribution in [-0.4, -0.2) is 47.8 Å². The van der Waals surface area contributed by atoms with Crippen LogP contribution in [0.2, 0.25) is 5.02 Å². The Bertz CT molecular complexity index is 911. The van der Waals surface area contributed by atoms with E-state index in [-0.39, 0.29) is 24.4 Å². The summed E-state index contributed by atoms with van der Waals surface area (Å²) in [5.41, 5.74) is 3.14. The van der Waals surface area contributed by atoms with Crippen molar-refractivity contribution < 1.29 is 9.59 Å². The number of benzene rings is 2. The molecule has 1 atom stereocenters. The number of rotatable bonds is 5. The van der Waals surface area contributed by atoms with Gasteiger partial charge in [0.05, 0.1) is 6.54 Å². The van der Waals surface area contributed by atoms with E-state index in [1.807, 2.05) is 52.3 Å². The number of hydrogen-bond acceptors (Lipinski definition) is 3. The number of carbonyl (C=O) groups excluding carboxylic acids is 2. The highest BCUT2D eigenvalue weighted by Crippen LogP contribution is 2.32. The van der Waals surface area contributed by atoms with Gasteiger partial charge < -0.3 is 10.2 Å². The average molecular weight is 426 g/mol. The van der Waals surface area contributed by atoms with Gasteiger partial charge in [-0.3, -0.25) is 14.5 Å². The van der Waals surface area contributed by atoms with Crippen molar-refractivity contribution in [2.45, 2.75) is 38.3 Å². The molecule has 2 aromatic carbocycles.